The molecule has 4 nitrogen and oxygen atoms in total. The summed E-state index contributed by atoms with van der Waals surface area (Å²) in [5, 5.41) is 17.5. The predicted molar refractivity (Wildman–Crippen MR) is 85.7 cm³/mol. The third-order valence-corrected chi connectivity index (χ3v) is 2.86. The van der Waals surface area contributed by atoms with E-state index in [1.165, 1.54) is 12.1 Å². The molecule has 2 rings (SSSR count). The Balaban J connectivity index is 0.000000255. The van der Waals surface area contributed by atoms with Crippen molar-refractivity contribution >= 4 is 5.97 Å². The molecular weight excluding hydrogens is 280 g/mol. The molecule has 0 aliphatic heterocycles. The van der Waals surface area contributed by atoms with Crippen molar-refractivity contribution in [3.05, 3.63) is 65.7 Å². The Hall–Kier alpha value is -2.33. The summed E-state index contributed by atoms with van der Waals surface area (Å²) in [7, 11) is 0. The number of rotatable bonds is 5. The van der Waals surface area contributed by atoms with Gasteiger partial charge >= 0.3 is 5.97 Å². The number of carbonyl (C=O) groups excluding carboxylic acids is 1. The van der Waals surface area contributed by atoms with Crippen molar-refractivity contribution in [2.75, 3.05) is 6.61 Å². The van der Waals surface area contributed by atoms with Gasteiger partial charge in [0, 0.05) is 0 Å². The van der Waals surface area contributed by atoms with Crippen LogP contribution in [-0.2, 0) is 11.3 Å². The van der Waals surface area contributed by atoms with E-state index in [1.54, 1.807) is 12.1 Å². The van der Waals surface area contributed by atoms with Crippen molar-refractivity contribution in [2.45, 2.75) is 26.4 Å². The van der Waals surface area contributed by atoms with Crippen LogP contribution in [0.5, 0.6) is 5.75 Å². The monoisotopic (exact) mass is 302 g/mol. The van der Waals surface area contributed by atoms with Crippen molar-refractivity contribution in [3.8, 4) is 5.75 Å². The van der Waals surface area contributed by atoms with Crippen molar-refractivity contribution in [3.63, 3.8) is 0 Å². The Kier molecular flexibility index (Phi) is 8.38. The zero-order chi connectivity index (χ0) is 16.2. The number of ether oxygens (including phenoxy) is 1. The van der Waals surface area contributed by atoms with Gasteiger partial charge in [-0.3, -0.25) is 0 Å². The minimum absolute atomic E-state index is 0.140. The molecule has 0 aliphatic rings. The van der Waals surface area contributed by atoms with E-state index in [2.05, 4.69) is 0 Å². The Morgan fingerprint density at radius 2 is 1.68 bits per heavy atom. The van der Waals surface area contributed by atoms with E-state index in [9.17, 15) is 4.79 Å². The standard InChI is InChI=1S/C11H14O3.C7H8O/c1-2-3-8-14-11(13)9-4-6-10(12)7-5-9;8-6-7-4-2-1-3-5-7/h4-7,12H,2-3,8H2,1H3;1-5,8H,6H2. The van der Waals surface area contributed by atoms with E-state index < -0.39 is 0 Å². The van der Waals surface area contributed by atoms with Crippen LogP contribution in [0.15, 0.2) is 54.6 Å². The quantitative estimate of drug-likeness (QED) is 0.655. The fourth-order valence-electron chi connectivity index (χ4n) is 1.57. The van der Waals surface area contributed by atoms with Crippen LogP contribution >= 0.6 is 0 Å². The lowest BCUT2D eigenvalue weighted by molar-refractivity contribution is 0.0499. The molecule has 0 saturated heterocycles. The number of unbranched alkanes of at least 4 members (excludes halogenated alkanes) is 1. The van der Waals surface area contributed by atoms with Gasteiger partial charge in [-0.2, -0.15) is 0 Å². The highest BCUT2D eigenvalue weighted by Gasteiger charge is 2.05. The summed E-state index contributed by atoms with van der Waals surface area (Å²) in [6, 6.07) is 15.6. The van der Waals surface area contributed by atoms with Crippen molar-refractivity contribution in [1.29, 1.82) is 0 Å². The summed E-state index contributed by atoms with van der Waals surface area (Å²) in [4.78, 5) is 11.3. The van der Waals surface area contributed by atoms with Gasteiger partial charge in [-0.05, 0) is 36.2 Å². The molecule has 0 fully saturated rings. The molecule has 0 saturated carbocycles. The Morgan fingerprint density at radius 1 is 1.05 bits per heavy atom. The predicted octanol–water partition coefficient (Wildman–Crippen LogP) is 3.53. The van der Waals surface area contributed by atoms with Gasteiger partial charge in [0.25, 0.3) is 0 Å². The average Bonchev–Trinajstić information content (AvgIpc) is 2.57. The number of aliphatic hydroxyl groups is 1. The Morgan fingerprint density at radius 3 is 2.18 bits per heavy atom. The van der Waals surface area contributed by atoms with Crippen LogP contribution in [0.4, 0.5) is 0 Å². The topological polar surface area (TPSA) is 66.8 Å². The maximum absolute atomic E-state index is 11.3. The number of benzene rings is 2. The Bertz CT molecular complexity index is 535. The molecule has 4 heteroatoms. The number of esters is 1. The third-order valence-electron chi connectivity index (χ3n) is 2.86. The third kappa shape index (κ3) is 6.90. The second-order valence-electron chi connectivity index (χ2n) is 4.68. The average molecular weight is 302 g/mol. The molecule has 118 valence electrons. The van der Waals surface area contributed by atoms with Crippen molar-refractivity contribution < 1.29 is 19.7 Å². The normalized spacial score (nSPS) is 9.55. The first-order chi connectivity index (χ1) is 10.7. The second-order valence-corrected chi connectivity index (χ2v) is 4.68. The van der Waals surface area contributed by atoms with E-state index in [0.29, 0.717) is 12.2 Å². The molecule has 22 heavy (non-hydrogen) atoms. The van der Waals surface area contributed by atoms with Gasteiger partial charge in [0.05, 0.1) is 18.8 Å². The summed E-state index contributed by atoms with van der Waals surface area (Å²) in [5.41, 5.74) is 1.44. The van der Waals surface area contributed by atoms with Crippen LogP contribution in [0.25, 0.3) is 0 Å². The van der Waals surface area contributed by atoms with Gasteiger partial charge in [0.1, 0.15) is 5.75 Å². The molecule has 0 aliphatic carbocycles. The van der Waals surface area contributed by atoms with E-state index in [1.807, 2.05) is 37.3 Å². The van der Waals surface area contributed by atoms with Crippen LogP contribution in [0.3, 0.4) is 0 Å². The van der Waals surface area contributed by atoms with Gasteiger partial charge in [0.2, 0.25) is 0 Å². The zero-order valence-electron chi connectivity index (χ0n) is 12.7. The number of phenolic OH excluding ortho intramolecular Hbond substituents is 1. The van der Waals surface area contributed by atoms with Crippen molar-refractivity contribution in [2.24, 2.45) is 0 Å². The number of hydrogen-bond acceptors (Lipinski definition) is 4. The minimum atomic E-state index is -0.335. The molecule has 2 aromatic rings. The Labute approximate surface area is 131 Å². The lowest BCUT2D eigenvalue weighted by Crippen LogP contribution is -2.05. The summed E-state index contributed by atoms with van der Waals surface area (Å²) in [5.74, 6) is -0.187. The molecular formula is C18H22O4. The van der Waals surface area contributed by atoms with E-state index >= 15 is 0 Å². The van der Waals surface area contributed by atoms with Crippen LogP contribution < -0.4 is 0 Å². The largest absolute Gasteiger partial charge is 0.508 e. The molecule has 0 aromatic heterocycles. The fraction of sp³-hybridized carbons (Fsp3) is 0.278. The SMILES string of the molecule is CCCCOC(=O)c1ccc(O)cc1.OCc1ccccc1. The lowest BCUT2D eigenvalue weighted by atomic mass is 10.2. The van der Waals surface area contributed by atoms with Gasteiger partial charge in [0.15, 0.2) is 0 Å². The molecule has 2 N–H and O–H groups in total. The highest BCUT2D eigenvalue weighted by Crippen LogP contribution is 2.10. The maximum Gasteiger partial charge on any atom is 0.338 e. The number of phenols is 1. The smallest absolute Gasteiger partial charge is 0.338 e. The van der Waals surface area contributed by atoms with Gasteiger partial charge < -0.3 is 14.9 Å². The zero-order valence-corrected chi connectivity index (χ0v) is 12.7. The molecule has 0 heterocycles. The molecule has 0 bridgehead atoms. The van der Waals surface area contributed by atoms with Crippen LogP contribution in [0, 0.1) is 0 Å². The molecule has 2 aromatic carbocycles. The van der Waals surface area contributed by atoms with E-state index in [-0.39, 0.29) is 18.3 Å². The maximum atomic E-state index is 11.3. The summed E-state index contributed by atoms with van der Waals surface area (Å²) in [6.45, 7) is 2.63. The van der Waals surface area contributed by atoms with Gasteiger partial charge in [-0.25, -0.2) is 4.79 Å². The van der Waals surface area contributed by atoms with Crippen molar-refractivity contribution in [1.82, 2.24) is 0 Å². The first-order valence-corrected chi connectivity index (χ1v) is 7.28. The highest BCUT2D eigenvalue weighted by atomic mass is 16.5. The summed E-state index contributed by atoms with van der Waals surface area (Å²) >= 11 is 0. The van der Waals surface area contributed by atoms with Gasteiger partial charge in [-0.1, -0.05) is 43.7 Å². The van der Waals surface area contributed by atoms with E-state index in [0.717, 1.165) is 18.4 Å². The minimum Gasteiger partial charge on any atom is -0.508 e. The van der Waals surface area contributed by atoms with Crippen LogP contribution in [0.2, 0.25) is 0 Å². The van der Waals surface area contributed by atoms with Crippen LogP contribution in [0.1, 0.15) is 35.7 Å². The second kappa shape index (κ2) is 10.4. The number of aliphatic hydroxyl groups excluding tert-OH is 1. The van der Waals surface area contributed by atoms with Gasteiger partial charge in [-0.15, -0.1) is 0 Å². The molecule has 0 amide bonds. The fourth-order valence-corrected chi connectivity index (χ4v) is 1.57. The molecule has 0 radical (unpaired) electrons. The number of aromatic hydroxyl groups is 1. The molecule has 0 atom stereocenters. The van der Waals surface area contributed by atoms with Crippen LogP contribution in [-0.4, -0.2) is 22.8 Å². The first kappa shape index (κ1) is 17.7. The molecule has 0 unspecified atom stereocenters. The van der Waals surface area contributed by atoms with E-state index in [4.69, 9.17) is 14.9 Å². The molecule has 0 spiro atoms. The first-order valence-electron chi connectivity index (χ1n) is 7.28. The summed E-state index contributed by atoms with van der Waals surface area (Å²) < 4.78 is 4.99. The highest BCUT2D eigenvalue weighted by molar-refractivity contribution is 5.89. The lowest BCUT2D eigenvalue weighted by Gasteiger charge is -2.03. The number of hydrogen-bond donors (Lipinski definition) is 2. The number of carbonyl (C=O) groups is 1. The summed E-state index contributed by atoms with van der Waals surface area (Å²) in [6.07, 6.45) is 1.88.